The Kier molecular flexibility index (Phi) is 10.9. The van der Waals surface area contributed by atoms with Crippen molar-refractivity contribution < 1.29 is 19.6 Å². The van der Waals surface area contributed by atoms with E-state index in [9.17, 15) is 10.1 Å². The van der Waals surface area contributed by atoms with Crippen molar-refractivity contribution in [1.29, 1.82) is 0 Å². The Morgan fingerprint density at radius 2 is 1.82 bits per heavy atom. The van der Waals surface area contributed by atoms with E-state index in [-0.39, 0.29) is 22.1 Å². The third-order valence-corrected chi connectivity index (χ3v) is 2.45. The molecule has 1 rings (SSSR count). The van der Waals surface area contributed by atoms with Crippen molar-refractivity contribution in [3.63, 3.8) is 0 Å². The van der Waals surface area contributed by atoms with Crippen LogP contribution in [0.15, 0.2) is 35.6 Å². The highest BCUT2D eigenvalue weighted by Gasteiger charge is 2.21. The maximum absolute atomic E-state index is 10.9. The molecular weight excluding hydrogens is 286 g/mol. The van der Waals surface area contributed by atoms with Gasteiger partial charge in [0, 0.05) is 26.2 Å². The van der Waals surface area contributed by atoms with Crippen molar-refractivity contribution in [2.75, 3.05) is 7.11 Å². The summed E-state index contributed by atoms with van der Waals surface area (Å²) in [5.74, 6) is -0.833. The summed E-state index contributed by atoms with van der Waals surface area (Å²) in [5, 5.41) is 18.3. The number of hydrogen-bond donors (Lipinski definition) is 1. The molecule has 0 saturated carbocycles. The molecule has 1 aliphatic carbocycles. The van der Waals surface area contributed by atoms with Crippen molar-refractivity contribution in [3.05, 3.63) is 45.7 Å². The largest absolute Gasteiger partial charge is 0.481 e. The minimum Gasteiger partial charge on any atom is -0.481 e. The topological polar surface area (TPSA) is 89.7 Å². The molecule has 0 heterocycles. The van der Waals surface area contributed by atoms with Gasteiger partial charge in [-0.2, -0.15) is 0 Å². The molecule has 1 N–H and O–H groups in total. The molecule has 22 heavy (non-hydrogen) atoms. The smallest absolute Gasteiger partial charge is 0.300 e. The number of aliphatic carboxylic acids is 1. The van der Waals surface area contributed by atoms with Crippen LogP contribution in [0.1, 0.15) is 41.5 Å². The second kappa shape index (κ2) is 10.7. The summed E-state index contributed by atoms with van der Waals surface area (Å²) in [6.45, 7) is 11.1. The third-order valence-electron chi connectivity index (χ3n) is 2.45. The average molecular weight is 313 g/mol. The predicted octanol–water partition coefficient (Wildman–Crippen LogP) is 3.82. The van der Waals surface area contributed by atoms with Crippen LogP contribution in [0.4, 0.5) is 0 Å². The SMILES string of the molecule is CC.CC(=O)O.COC1C=CC(C(C)(C)C)=CC([N+](=O)[O-])=C1. The lowest BCUT2D eigenvalue weighted by Gasteiger charge is -2.19. The molecule has 1 aliphatic rings. The second-order valence-corrected chi connectivity index (χ2v) is 5.28. The summed E-state index contributed by atoms with van der Waals surface area (Å²) in [6.07, 6.45) is 6.50. The van der Waals surface area contributed by atoms with E-state index < -0.39 is 5.97 Å². The molecule has 126 valence electrons. The number of methoxy groups -OCH3 is 1. The van der Waals surface area contributed by atoms with Crippen molar-refractivity contribution in [2.45, 2.75) is 47.6 Å². The van der Waals surface area contributed by atoms with E-state index in [1.807, 2.05) is 46.8 Å². The van der Waals surface area contributed by atoms with Crippen LogP contribution < -0.4 is 0 Å². The number of nitrogens with zero attached hydrogens (tertiary/aromatic N) is 1. The molecule has 0 aromatic carbocycles. The van der Waals surface area contributed by atoms with Gasteiger partial charge in [0.1, 0.15) is 6.10 Å². The number of hydrogen-bond acceptors (Lipinski definition) is 4. The van der Waals surface area contributed by atoms with Gasteiger partial charge in [-0.1, -0.05) is 46.8 Å². The van der Waals surface area contributed by atoms with Crippen LogP contribution in [-0.4, -0.2) is 29.2 Å². The van der Waals surface area contributed by atoms with Gasteiger partial charge in [-0.05, 0) is 11.0 Å². The molecule has 0 fully saturated rings. The fraction of sp³-hybridized carbons (Fsp3) is 0.562. The maximum Gasteiger partial charge on any atom is 0.300 e. The van der Waals surface area contributed by atoms with Gasteiger partial charge in [-0.25, -0.2) is 0 Å². The normalized spacial score (nSPS) is 16.8. The van der Waals surface area contributed by atoms with Gasteiger partial charge in [0.25, 0.3) is 11.7 Å². The summed E-state index contributed by atoms with van der Waals surface area (Å²) in [6, 6.07) is 0. The molecular formula is C16H27NO5. The molecule has 0 saturated heterocycles. The molecule has 0 spiro atoms. The van der Waals surface area contributed by atoms with E-state index in [0.29, 0.717) is 0 Å². The van der Waals surface area contributed by atoms with E-state index in [1.165, 1.54) is 13.2 Å². The number of nitro groups is 1. The van der Waals surface area contributed by atoms with Crippen molar-refractivity contribution in [1.82, 2.24) is 0 Å². The van der Waals surface area contributed by atoms with E-state index in [0.717, 1.165) is 12.5 Å². The molecule has 0 bridgehead atoms. The van der Waals surface area contributed by atoms with Gasteiger partial charge < -0.3 is 9.84 Å². The van der Waals surface area contributed by atoms with Crippen molar-refractivity contribution in [3.8, 4) is 0 Å². The zero-order valence-corrected chi connectivity index (χ0v) is 14.4. The van der Waals surface area contributed by atoms with Gasteiger partial charge in [0.05, 0.1) is 4.92 Å². The predicted molar refractivity (Wildman–Crippen MR) is 87.2 cm³/mol. The molecule has 6 heteroatoms. The Labute approximate surface area is 132 Å². The lowest BCUT2D eigenvalue weighted by atomic mass is 9.86. The van der Waals surface area contributed by atoms with Gasteiger partial charge in [0.2, 0.25) is 0 Å². The van der Waals surface area contributed by atoms with Crippen LogP contribution in [0.3, 0.4) is 0 Å². The van der Waals surface area contributed by atoms with Crippen molar-refractivity contribution >= 4 is 5.97 Å². The number of carboxylic acids is 1. The highest BCUT2D eigenvalue weighted by atomic mass is 16.6. The molecule has 1 unspecified atom stereocenters. The molecule has 0 aromatic rings. The fourth-order valence-corrected chi connectivity index (χ4v) is 1.40. The number of rotatable bonds is 2. The van der Waals surface area contributed by atoms with Crippen LogP contribution in [0.5, 0.6) is 0 Å². The molecule has 1 atom stereocenters. The Morgan fingerprint density at radius 3 is 2.14 bits per heavy atom. The summed E-state index contributed by atoms with van der Waals surface area (Å²) in [4.78, 5) is 19.5. The lowest BCUT2D eigenvalue weighted by Crippen LogP contribution is -2.08. The molecule has 0 aliphatic heterocycles. The minimum absolute atomic E-state index is 0.0850. The Balaban J connectivity index is 0. The third kappa shape index (κ3) is 9.88. The van der Waals surface area contributed by atoms with Crippen LogP contribution >= 0.6 is 0 Å². The first-order chi connectivity index (χ1) is 10.1. The van der Waals surface area contributed by atoms with Crippen LogP contribution in [0, 0.1) is 15.5 Å². The van der Waals surface area contributed by atoms with E-state index in [1.54, 1.807) is 6.08 Å². The van der Waals surface area contributed by atoms with Crippen molar-refractivity contribution in [2.24, 2.45) is 5.41 Å². The highest BCUT2D eigenvalue weighted by molar-refractivity contribution is 5.62. The van der Waals surface area contributed by atoms with Gasteiger partial charge in [-0.15, -0.1) is 0 Å². The Bertz CT molecular complexity index is 452. The lowest BCUT2D eigenvalue weighted by molar-refractivity contribution is -0.419. The number of carbonyl (C=O) groups is 1. The fourth-order valence-electron chi connectivity index (χ4n) is 1.40. The van der Waals surface area contributed by atoms with Crippen LogP contribution in [0.25, 0.3) is 0 Å². The number of allylic oxidation sites excluding steroid dienone is 3. The summed E-state index contributed by atoms with van der Waals surface area (Å²) in [7, 11) is 1.53. The van der Waals surface area contributed by atoms with Gasteiger partial charge in [0.15, 0.2) is 0 Å². The highest BCUT2D eigenvalue weighted by Crippen LogP contribution is 2.29. The zero-order valence-electron chi connectivity index (χ0n) is 14.4. The molecule has 0 amide bonds. The number of ether oxygens (including phenoxy) is 1. The average Bonchev–Trinajstić information content (AvgIpc) is 2.62. The maximum atomic E-state index is 10.9. The molecule has 0 aromatic heterocycles. The summed E-state index contributed by atoms with van der Waals surface area (Å²) >= 11 is 0. The Hall–Kier alpha value is -1.95. The van der Waals surface area contributed by atoms with Crippen LogP contribution in [-0.2, 0) is 9.53 Å². The summed E-state index contributed by atoms with van der Waals surface area (Å²) in [5.41, 5.74) is 0.894. The quantitative estimate of drug-likeness (QED) is 0.618. The monoisotopic (exact) mass is 313 g/mol. The Morgan fingerprint density at radius 1 is 1.36 bits per heavy atom. The molecule has 6 nitrogen and oxygen atoms in total. The summed E-state index contributed by atoms with van der Waals surface area (Å²) < 4.78 is 5.11. The van der Waals surface area contributed by atoms with E-state index >= 15 is 0 Å². The first-order valence-electron chi connectivity index (χ1n) is 7.07. The van der Waals surface area contributed by atoms with Crippen LogP contribution in [0.2, 0.25) is 0 Å². The second-order valence-electron chi connectivity index (χ2n) is 5.28. The number of carboxylic acid groups (broad SMARTS) is 1. The van der Waals surface area contributed by atoms with Gasteiger partial charge in [-0.3, -0.25) is 14.9 Å². The van der Waals surface area contributed by atoms with E-state index in [2.05, 4.69) is 0 Å². The molecule has 0 radical (unpaired) electrons. The standard InChI is InChI=1S/C12H17NO3.C2H4O2.C2H6/c1-12(2,3)9-5-6-11(16-4)8-10(7-9)13(14)15;1-2(3)4;1-2/h5-8,11H,1-4H3;1H3,(H,3,4);1-2H3. The minimum atomic E-state index is -0.833. The first-order valence-corrected chi connectivity index (χ1v) is 7.07. The van der Waals surface area contributed by atoms with Gasteiger partial charge >= 0.3 is 0 Å². The first kappa shape index (κ1) is 22.3. The zero-order chi connectivity index (χ0) is 17.9. The van der Waals surface area contributed by atoms with E-state index in [4.69, 9.17) is 14.6 Å².